The van der Waals surface area contributed by atoms with E-state index in [2.05, 4.69) is 10.5 Å². The number of nitrogens with one attached hydrogen (secondary N) is 1. The van der Waals surface area contributed by atoms with Gasteiger partial charge in [0.1, 0.15) is 11.8 Å². The highest BCUT2D eigenvalue weighted by molar-refractivity contribution is 7.90. The highest BCUT2D eigenvalue weighted by Gasteiger charge is 2.40. The maximum absolute atomic E-state index is 11.7. The summed E-state index contributed by atoms with van der Waals surface area (Å²) in [5.41, 5.74) is 5.11. The van der Waals surface area contributed by atoms with E-state index >= 15 is 0 Å². The summed E-state index contributed by atoms with van der Waals surface area (Å²) in [5, 5.41) is 15.6. The fourth-order valence-corrected chi connectivity index (χ4v) is 3.95. The summed E-state index contributed by atoms with van der Waals surface area (Å²) in [7, 11) is -3.28. The lowest BCUT2D eigenvalue weighted by Crippen LogP contribution is -2.46. The van der Waals surface area contributed by atoms with Gasteiger partial charge in [0, 0.05) is 12.3 Å². The van der Waals surface area contributed by atoms with E-state index in [1.165, 1.54) is 17.4 Å². The van der Waals surface area contributed by atoms with Gasteiger partial charge in [-0.1, -0.05) is 18.2 Å². The number of phenolic OH excluding ortho intramolecular Hbond substituents is 1. The van der Waals surface area contributed by atoms with Crippen LogP contribution in [0.2, 0.25) is 0 Å². The van der Waals surface area contributed by atoms with E-state index in [0.717, 1.165) is 16.8 Å². The minimum Gasteiger partial charge on any atom is -0.508 e. The van der Waals surface area contributed by atoms with Crippen molar-refractivity contribution < 1.29 is 18.3 Å². The zero-order valence-electron chi connectivity index (χ0n) is 14.4. The number of fused-ring (bicyclic) bond motifs is 1. The van der Waals surface area contributed by atoms with Gasteiger partial charge in [-0.2, -0.15) is 10.2 Å². The maximum Gasteiger partial charge on any atom is 0.263 e. The predicted molar refractivity (Wildman–Crippen MR) is 99.8 cm³/mol. The SMILES string of the molecule is CS(=O)(=O)c1ccc(C2C(c3ccc(O)cc3)=NN3NC(=O)C=CC23)cc1. The third-order valence-electron chi connectivity index (χ3n) is 4.63. The Balaban J connectivity index is 1.79. The molecule has 0 fully saturated rings. The Morgan fingerprint density at radius 1 is 1.07 bits per heavy atom. The van der Waals surface area contributed by atoms with Crippen LogP contribution in [0.15, 0.2) is 70.7 Å². The molecule has 0 bridgehead atoms. The van der Waals surface area contributed by atoms with E-state index in [9.17, 15) is 18.3 Å². The van der Waals surface area contributed by atoms with Gasteiger partial charge in [-0.3, -0.25) is 4.79 Å². The number of amides is 1. The summed E-state index contributed by atoms with van der Waals surface area (Å²) < 4.78 is 23.5. The summed E-state index contributed by atoms with van der Waals surface area (Å²) >= 11 is 0. The van der Waals surface area contributed by atoms with Crippen LogP contribution < -0.4 is 5.43 Å². The molecule has 2 atom stereocenters. The zero-order valence-corrected chi connectivity index (χ0v) is 15.2. The molecule has 7 nitrogen and oxygen atoms in total. The van der Waals surface area contributed by atoms with Gasteiger partial charge in [0.05, 0.1) is 16.5 Å². The van der Waals surface area contributed by atoms with E-state index in [1.807, 2.05) is 0 Å². The highest BCUT2D eigenvalue weighted by Crippen LogP contribution is 2.35. The minimum atomic E-state index is -3.28. The molecule has 1 amide bonds. The monoisotopic (exact) mass is 383 g/mol. The maximum atomic E-state index is 11.7. The molecule has 138 valence electrons. The van der Waals surface area contributed by atoms with E-state index in [0.29, 0.717) is 0 Å². The molecule has 2 aliphatic rings. The smallest absolute Gasteiger partial charge is 0.263 e. The topological polar surface area (TPSA) is 99.1 Å². The Kier molecular flexibility index (Phi) is 4.00. The zero-order chi connectivity index (χ0) is 19.2. The number of hydrazine groups is 1. The fraction of sp³-hybridized carbons (Fsp3) is 0.158. The standard InChI is InChI=1S/C19H17N3O4S/c1-27(25,26)15-8-4-12(5-9-15)18-16-10-11-17(24)20-22(16)21-19(18)13-2-6-14(23)7-3-13/h2-11,16,18,23H,1H3,(H,20,24). The van der Waals surface area contributed by atoms with Crippen LogP contribution in [0.3, 0.4) is 0 Å². The molecule has 0 aromatic heterocycles. The Morgan fingerprint density at radius 3 is 2.37 bits per heavy atom. The number of carbonyl (C=O) groups is 1. The molecule has 2 aromatic rings. The number of aromatic hydroxyl groups is 1. The van der Waals surface area contributed by atoms with Gasteiger partial charge in [-0.25, -0.2) is 13.8 Å². The van der Waals surface area contributed by atoms with Crippen molar-refractivity contribution in [1.82, 2.24) is 10.5 Å². The molecule has 2 N–H and O–H groups in total. The molecule has 2 unspecified atom stereocenters. The number of hydrogen-bond acceptors (Lipinski definition) is 6. The first-order valence-electron chi connectivity index (χ1n) is 8.29. The second kappa shape index (κ2) is 6.24. The quantitative estimate of drug-likeness (QED) is 0.838. The van der Waals surface area contributed by atoms with Crippen molar-refractivity contribution in [2.24, 2.45) is 5.10 Å². The van der Waals surface area contributed by atoms with Gasteiger partial charge >= 0.3 is 0 Å². The molecular weight excluding hydrogens is 366 g/mol. The van der Waals surface area contributed by atoms with Crippen molar-refractivity contribution in [3.05, 3.63) is 71.8 Å². The molecule has 2 aliphatic heterocycles. The van der Waals surface area contributed by atoms with Crippen LogP contribution >= 0.6 is 0 Å². The molecule has 2 aromatic carbocycles. The number of carbonyl (C=O) groups excluding carboxylic acids is 1. The van der Waals surface area contributed by atoms with Crippen molar-refractivity contribution in [2.75, 3.05) is 6.26 Å². The van der Waals surface area contributed by atoms with E-state index in [-0.39, 0.29) is 28.5 Å². The largest absolute Gasteiger partial charge is 0.508 e. The van der Waals surface area contributed by atoms with Gasteiger partial charge in [0.2, 0.25) is 0 Å². The molecule has 0 radical (unpaired) electrons. The van der Waals surface area contributed by atoms with Gasteiger partial charge in [-0.15, -0.1) is 0 Å². The summed E-state index contributed by atoms with van der Waals surface area (Å²) in [6.07, 6.45) is 4.42. The first-order chi connectivity index (χ1) is 12.8. The second-order valence-electron chi connectivity index (χ2n) is 6.52. The van der Waals surface area contributed by atoms with Crippen LogP contribution in [0.25, 0.3) is 0 Å². The lowest BCUT2D eigenvalue weighted by atomic mass is 9.85. The van der Waals surface area contributed by atoms with Crippen LogP contribution in [0.4, 0.5) is 0 Å². The fourth-order valence-electron chi connectivity index (χ4n) is 3.32. The molecule has 0 spiro atoms. The van der Waals surface area contributed by atoms with Crippen molar-refractivity contribution in [3.63, 3.8) is 0 Å². The van der Waals surface area contributed by atoms with Crippen molar-refractivity contribution in [2.45, 2.75) is 16.9 Å². The van der Waals surface area contributed by atoms with E-state index in [4.69, 9.17) is 0 Å². The van der Waals surface area contributed by atoms with Crippen LogP contribution in [0, 0.1) is 0 Å². The molecular formula is C19H17N3O4S. The van der Waals surface area contributed by atoms with Gasteiger partial charge in [0.15, 0.2) is 9.84 Å². The number of benzene rings is 2. The number of phenols is 1. The van der Waals surface area contributed by atoms with E-state index < -0.39 is 9.84 Å². The Hall–Kier alpha value is -3.13. The summed E-state index contributed by atoms with van der Waals surface area (Å²) in [4.78, 5) is 11.9. The number of hydrogen-bond donors (Lipinski definition) is 2. The second-order valence-corrected chi connectivity index (χ2v) is 8.54. The molecule has 2 heterocycles. The third kappa shape index (κ3) is 3.19. The molecule has 8 heteroatoms. The average Bonchev–Trinajstić information content (AvgIpc) is 3.00. The first-order valence-corrected chi connectivity index (χ1v) is 10.2. The molecule has 0 aliphatic carbocycles. The number of hydrazone groups is 1. The Morgan fingerprint density at radius 2 is 1.74 bits per heavy atom. The van der Waals surface area contributed by atoms with Gasteiger partial charge in [0.25, 0.3) is 5.91 Å². The van der Waals surface area contributed by atoms with Crippen molar-refractivity contribution >= 4 is 21.5 Å². The van der Waals surface area contributed by atoms with Crippen LogP contribution in [0.5, 0.6) is 5.75 Å². The Bertz CT molecular complexity index is 1060. The van der Waals surface area contributed by atoms with Crippen LogP contribution in [-0.2, 0) is 14.6 Å². The van der Waals surface area contributed by atoms with Crippen LogP contribution in [-0.4, -0.2) is 42.6 Å². The van der Waals surface area contributed by atoms with Gasteiger partial charge in [-0.05, 0) is 47.5 Å². The number of sulfone groups is 1. The summed E-state index contributed by atoms with van der Waals surface area (Å²) in [6, 6.07) is 13.1. The summed E-state index contributed by atoms with van der Waals surface area (Å²) in [5.74, 6) is -0.314. The molecule has 0 saturated carbocycles. The molecule has 4 rings (SSSR count). The average molecular weight is 383 g/mol. The lowest BCUT2D eigenvalue weighted by Gasteiger charge is -2.28. The van der Waals surface area contributed by atoms with Gasteiger partial charge < -0.3 is 5.11 Å². The minimum absolute atomic E-state index is 0.150. The Labute approximate surface area is 156 Å². The molecule has 27 heavy (non-hydrogen) atoms. The predicted octanol–water partition coefficient (Wildman–Crippen LogP) is 1.57. The van der Waals surface area contributed by atoms with Crippen molar-refractivity contribution in [3.8, 4) is 5.75 Å². The van der Waals surface area contributed by atoms with E-state index in [1.54, 1.807) is 54.6 Å². The van der Waals surface area contributed by atoms with Crippen molar-refractivity contribution in [1.29, 1.82) is 0 Å². The number of rotatable bonds is 3. The third-order valence-corrected chi connectivity index (χ3v) is 5.76. The summed E-state index contributed by atoms with van der Waals surface area (Å²) in [6.45, 7) is 0. The van der Waals surface area contributed by atoms with Crippen LogP contribution in [0.1, 0.15) is 17.0 Å². The normalized spacial score (nSPS) is 21.6. The highest BCUT2D eigenvalue weighted by atomic mass is 32.2. The number of nitrogens with zero attached hydrogens (tertiary/aromatic N) is 2. The molecule has 0 saturated heterocycles. The lowest BCUT2D eigenvalue weighted by molar-refractivity contribution is -0.122. The first kappa shape index (κ1) is 17.3.